The van der Waals surface area contributed by atoms with Gasteiger partial charge in [-0.05, 0) is 25.0 Å². The van der Waals surface area contributed by atoms with Crippen LogP contribution in [0.5, 0.6) is 0 Å². The number of nitrogens with one attached hydrogen (secondary N) is 1. The van der Waals surface area contributed by atoms with Gasteiger partial charge in [-0.15, -0.1) is 0 Å². The Morgan fingerprint density at radius 2 is 1.13 bits per heavy atom. The van der Waals surface area contributed by atoms with Gasteiger partial charge in [0.1, 0.15) is 0 Å². The first-order valence-corrected chi connectivity index (χ1v) is 9.47. The van der Waals surface area contributed by atoms with Gasteiger partial charge >= 0.3 is 0 Å². The Hall–Kier alpha value is -1.06. The highest BCUT2D eigenvalue weighted by Crippen LogP contribution is 2.12. The van der Waals surface area contributed by atoms with Crippen LogP contribution in [-0.2, 0) is 4.84 Å². The van der Waals surface area contributed by atoms with Gasteiger partial charge in [-0.1, -0.05) is 82.4 Å². The molecule has 23 heavy (non-hydrogen) atoms. The summed E-state index contributed by atoms with van der Waals surface area (Å²) in [5.41, 5.74) is 3.99. The van der Waals surface area contributed by atoms with Crippen LogP contribution in [0, 0.1) is 0 Å². The highest BCUT2D eigenvalue weighted by Gasteiger charge is 1.94. The van der Waals surface area contributed by atoms with Crippen LogP contribution in [0.25, 0.3) is 0 Å². The standard InChI is InChI=1S/C20H35NO2/c22-18-14-9-7-5-3-1-2-4-6-8-10-15-19-23-21-20-16-12-11-13-17-20/h11-13,16-17,21-22H,1-10,14-15,18-19H2. The number of aliphatic hydroxyl groups excluding tert-OH is 1. The summed E-state index contributed by atoms with van der Waals surface area (Å²) < 4.78 is 0. The second kappa shape index (κ2) is 15.8. The Morgan fingerprint density at radius 3 is 1.65 bits per heavy atom. The lowest BCUT2D eigenvalue weighted by Gasteiger charge is -2.06. The van der Waals surface area contributed by atoms with E-state index >= 15 is 0 Å². The number of anilines is 1. The minimum atomic E-state index is 0.355. The Bertz CT molecular complexity index is 343. The molecule has 0 aliphatic carbocycles. The molecule has 3 nitrogen and oxygen atoms in total. The lowest BCUT2D eigenvalue weighted by Crippen LogP contribution is -2.02. The van der Waals surface area contributed by atoms with Crippen LogP contribution in [0.4, 0.5) is 5.69 Å². The molecule has 1 aromatic rings. The molecule has 132 valence electrons. The van der Waals surface area contributed by atoms with E-state index in [0.717, 1.165) is 25.1 Å². The molecule has 2 N–H and O–H groups in total. The summed E-state index contributed by atoms with van der Waals surface area (Å²) in [5, 5.41) is 8.70. The smallest absolute Gasteiger partial charge is 0.0746 e. The fraction of sp³-hybridized carbons (Fsp3) is 0.700. The Kier molecular flexibility index (Phi) is 13.7. The number of aliphatic hydroxyl groups is 1. The van der Waals surface area contributed by atoms with Crippen molar-refractivity contribution >= 4 is 5.69 Å². The third-order valence-electron chi connectivity index (χ3n) is 4.12. The molecule has 3 heteroatoms. The summed E-state index contributed by atoms with van der Waals surface area (Å²) in [6.45, 7) is 1.14. The monoisotopic (exact) mass is 321 g/mol. The fourth-order valence-electron chi connectivity index (χ4n) is 2.69. The molecule has 0 spiro atoms. The third-order valence-corrected chi connectivity index (χ3v) is 4.12. The van der Waals surface area contributed by atoms with Crippen molar-refractivity contribution in [1.29, 1.82) is 0 Å². The zero-order valence-corrected chi connectivity index (χ0v) is 14.6. The van der Waals surface area contributed by atoms with E-state index < -0.39 is 0 Å². The first-order chi connectivity index (χ1) is 11.4. The molecule has 0 aliphatic heterocycles. The summed E-state index contributed by atoms with van der Waals surface area (Å²) in [7, 11) is 0. The van der Waals surface area contributed by atoms with Gasteiger partial charge in [-0.3, -0.25) is 10.3 Å². The average Bonchev–Trinajstić information content (AvgIpc) is 2.59. The number of unbranched alkanes of at least 4 members (excludes halogenated alkanes) is 11. The fourth-order valence-corrected chi connectivity index (χ4v) is 2.69. The van der Waals surface area contributed by atoms with Crippen molar-refractivity contribution in [2.24, 2.45) is 0 Å². The van der Waals surface area contributed by atoms with E-state index in [4.69, 9.17) is 9.94 Å². The minimum absolute atomic E-state index is 0.355. The van der Waals surface area contributed by atoms with E-state index in [1.807, 2.05) is 30.3 Å². The van der Waals surface area contributed by atoms with Crippen LogP contribution >= 0.6 is 0 Å². The second-order valence-electron chi connectivity index (χ2n) is 6.28. The van der Waals surface area contributed by atoms with Gasteiger partial charge in [0.2, 0.25) is 0 Å². The van der Waals surface area contributed by atoms with Crippen molar-refractivity contribution < 1.29 is 9.94 Å². The molecule has 0 aromatic heterocycles. The van der Waals surface area contributed by atoms with Crippen molar-refractivity contribution in [1.82, 2.24) is 0 Å². The average molecular weight is 322 g/mol. The van der Waals surface area contributed by atoms with Crippen molar-refractivity contribution in [3.8, 4) is 0 Å². The van der Waals surface area contributed by atoms with Gasteiger partial charge in [0.15, 0.2) is 0 Å². The quantitative estimate of drug-likeness (QED) is 0.303. The van der Waals surface area contributed by atoms with Gasteiger partial charge in [0.25, 0.3) is 0 Å². The molecular formula is C20H35NO2. The van der Waals surface area contributed by atoms with Gasteiger partial charge in [-0.2, -0.15) is 0 Å². The summed E-state index contributed by atoms with van der Waals surface area (Å²) >= 11 is 0. The molecule has 0 aliphatic rings. The zero-order chi connectivity index (χ0) is 16.4. The van der Waals surface area contributed by atoms with Gasteiger partial charge in [0, 0.05) is 6.61 Å². The summed E-state index contributed by atoms with van der Waals surface area (Å²) in [5.74, 6) is 0. The van der Waals surface area contributed by atoms with Gasteiger partial charge in [-0.25, -0.2) is 0 Å². The van der Waals surface area contributed by atoms with Crippen molar-refractivity contribution in [3.05, 3.63) is 30.3 Å². The predicted octanol–water partition coefficient (Wildman–Crippen LogP) is 5.70. The second-order valence-corrected chi connectivity index (χ2v) is 6.28. The first-order valence-electron chi connectivity index (χ1n) is 9.47. The number of hydrogen-bond acceptors (Lipinski definition) is 3. The summed E-state index contributed by atoms with van der Waals surface area (Å²) in [6, 6.07) is 10.0. The summed E-state index contributed by atoms with van der Waals surface area (Å²) in [4.78, 5) is 5.45. The maximum atomic E-state index is 8.70. The number of benzene rings is 1. The first kappa shape index (κ1) is 20.0. The van der Waals surface area contributed by atoms with Crippen LogP contribution in [0.15, 0.2) is 30.3 Å². The van der Waals surface area contributed by atoms with E-state index in [0.29, 0.717) is 6.61 Å². The molecule has 0 bridgehead atoms. The molecule has 1 rings (SSSR count). The van der Waals surface area contributed by atoms with Crippen LogP contribution in [0.1, 0.15) is 77.0 Å². The van der Waals surface area contributed by atoms with E-state index in [1.165, 1.54) is 64.2 Å². The Morgan fingerprint density at radius 1 is 0.652 bits per heavy atom. The molecular weight excluding hydrogens is 286 g/mol. The predicted molar refractivity (Wildman–Crippen MR) is 98.5 cm³/mol. The van der Waals surface area contributed by atoms with Crippen molar-refractivity contribution in [2.75, 3.05) is 18.7 Å². The van der Waals surface area contributed by atoms with E-state index in [-0.39, 0.29) is 0 Å². The van der Waals surface area contributed by atoms with E-state index in [9.17, 15) is 0 Å². The minimum Gasteiger partial charge on any atom is -0.396 e. The SMILES string of the molecule is OCCCCCCCCCCCCCCONc1ccccc1. The van der Waals surface area contributed by atoms with Crippen LogP contribution in [-0.4, -0.2) is 18.3 Å². The molecule has 0 amide bonds. The molecule has 0 atom stereocenters. The molecule has 0 fully saturated rings. The van der Waals surface area contributed by atoms with E-state index in [1.54, 1.807) is 0 Å². The van der Waals surface area contributed by atoms with Crippen molar-refractivity contribution in [3.63, 3.8) is 0 Å². The zero-order valence-electron chi connectivity index (χ0n) is 14.6. The highest BCUT2D eigenvalue weighted by molar-refractivity contribution is 5.39. The normalized spacial score (nSPS) is 10.8. The van der Waals surface area contributed by atoms with Gasteiger partial charge in [0.05, 0.1) is 12.3 Å². The third kappa shape index (κ3) is 13.1. The van der Waals surface area contributed by atoms with Crippen molar-refractivity contribution in [2.45, 2.75) is 77.0 Å². The number of rotatable bonds is 16. The molecule has 0 unspecified atom stereocenters. The molecule has 1 aromatic carbocycles. The van der Waals surface area contributed by atoms with Crippen LogP contribution < -0.4 is 5.48 Å². The number of hydrogen-bond donors (Lipinski definition) is 2. The molecule has 0 saturated carbocycles. The van der Waals surface area contributed by atoms with Gasteiger partial charge < -0.3 is 5.11 Å². The highest BCUT2D eigenvalue weighted by atomic mass is 16.6. The lowest BCUT2D eigenvalue weighted by atomic mass is 10.1. The topological polar surface area (TPSA) is 41.5 Å². The maximum Gasteiger partial charge on any atom is 0.0746 e. The summed E-state index contributed by atoms with van der Waals surface area (Å²) in [6.07, 6.45) is 15.4. The van der Waals surface area contributed by atoms with Crippen LogP contribution in [0.3, 0.4) is 0 Å². The van der Waals surface area contributed by atoms with Crippen LogP contribution in [0.2, 0.25) is 0 Å². The maximum absolute atomic E-state index is 8.70. The molecule has 0 radical (unpaired) electrons. The molecule has 0 heterocycles. The van der Waals surface area contributed by atoms with E-state index in [2.05, 4.69) is 5.48 Å². The Labute approximate surface area is 142 Å². The number of para-hydroxylation sites is 1. The lowest BCUT2D eigenvalue weighted by molar-refractivity contribution is 0.187. The molecule has 0 saturated heterocycles. The largest absolute Gasteiger partial charge is 0.396 e. The Balaban J connectivity index is 1.72.